The van der Waals surface area contributed by atoms with Crippen LogP contribution in [-0.2, 0) is 0 Å². The predicted octanol–water partition coefficient (Wildman–Crippen LogP) is 8.70. The highest BCUT2D eigenvalue weighted by atomic mass is 16.3. The molecule has 200 valence electrons. The number of nitrogens with one attached hydrogen (secondary N) is 1. The van der Waals surface area contributed by atoms with Crippen LogP contribution in [0.15, 0.2) is 0 Å². The van der Waals surface area contributed by atoms with E-state index in [4.69, 9.17) is 10.2 Å². The normalized spacial score (nSPS) is 11.5. The molecule has 0 saturated heterocycles. The zero-order valence-electron chi connectivity index (χ0n) is 22.6. The molecule has 0 spiro atoms. The largest absolute Gasteiger partial charge is 0.396 e. The molecule has 33 heavy (non-hydrogen) atoms. The zero-order chi connectivity index (χ0) is 23.9. The van der Waals surface area contributed by atoms with Crippen molar-refractivity contribution in [3.05, 3.63) is 0 Å². The lowest BCUT2D eigenvalue weighted by atomic mass is 10.0. The molecule has 0 aliphatic rings. The molecule has 0 aliphatic carbocycles. The van der Waals surface area contributed by atoms with E-state index in [1.165, 1.54) is 161 Å². The van der Waals surface area contributed by atoms with E-state index < -0.39 is 0 Å². The van der Waals surface area contributed by atoms with E-state index in [0.29, 0.717) is 13.2 Å². The minimum Gasteiger partial charge on any atom is -0.396 e. The van der Waals surface area contributed by atoms with Crippen molar-refractivity contribution in [2.45, 2.75) is 167 Å². The Morgan fingerprint density at radius 1 is 0.242 bits per heavy atom. The fourth-order valence-electron chi connectivity index (χ4n) is 4.74. The average molecular weight is 470 g/mol. The van der Waals surface area contributed by atoms with Crippen molar-refractivity contribution in [3.63, 3.8) is 0 Å². The third-order valence-electron chi connectivity index (χ3n) is 7.02. The van der Waals surface area contributed by atoms with Gasteiger partial charge in [-0.15, -0.1) is 0 Å². The Bertz CT molecular complexity index is 294. The van der Waals surface area contributed by atoms with Gasteiger partial charge in [-0.1, -0.05) is 141 Å². The number of rotatable bonds is 30. The Hall–Kier alpha value is -0.120. The van der Waals surface area contributed by atoms with Crippen LogP contribution in [0.5, 0.6) is 0 Å². The molecule has 0 rings (SSSR count). The number of aliphatic hydroxyl groups is 2. The first-order chi connectivity index (χ1) is 16.4. The van der Waals surface area contributed by atoms with Crippen molar-refractivity contribution >= 4 is 0 Å². The lowest BCUT2D eigenvalue weighted by Crippen LogP contribution is -2.16. The molecule has 0 amide bonds. The lowest BCUT2D eigenvalue weighted by Gasteiger charge is -2.05. The SMILES string of the molecule is OCCCCCCCCCCCCCCCCCCCCCCCCNCCCCCCO. The van der Waals surface area contributed by atoms with Gasteiger partial charge >= 0.3 is 0 Å². The van der Waals surface area contributed by atoms with E-state index in [1.54, 1.807) is 0 Å². The molecule has 0 atom stereocenters. The van der Waals surface area contributed by atoms with Crippen LogP contribution in [0, 0.1) is 0 Å². The molecule has 0 aromatic carbocycles. The molecule has 0 bridgehead atoms. The van der Waals surface area contributed by atoms with E-state index >= 15 is 0 Å². The van der Waals surface area contributed by atoms with Gasteiger partial charge in [0.05, 0.1) is 0 Å². The highest BCUT2D eigenvalue weighted by molar-refractivity contribution is 4.53. The molecule has 0 heterocycles. The summed E-state index contributed by atoms with van der Waals surface area (Å²) in [7, 11) is 0. The Morgan fingerprint density at radius 3 is 0.636 bits per heavy atom. The van der Waals surface area contributed by atoms with E-state index in [0.717, 1.165) is 19.4 Å². The summed E-state index contributed by atoms with van der Waals surface area (Å²) >= 11 is 0. The van der Waals surface area contributed by atoms with Gasteiger partial charge in [-0.25, -0.2) is 0 Å². The van der Waals surface area contributed by atoms with Crippen LogP contribution in [0.4, 0.5) is 0 Å². The molecule has 3 N–H and O–H groups in total. The summed E-state index contributed by atoms with van der Waals surface area (Å²) < 4.78 is 0. The van der Waals surface area contributed by atoms with Gasteiger partial charge in [0.15, 0.2) is 0 Å². The van der Waals surface area contributed by atoms with E-state index in [-0.39, 0.29) is 0 Å². The predicted molar refractivity (Wildman–Crippen MR) is 147 cm³/mol. The summed E-state index contributed by atoms with van der Waals surface area (Å²) in [6.45, 7) is 3.06. The molecular weight excluding hydrogens is 406 g/mol. The van der Waals surface area contributed by atoms with Gasteiger partial charge in [-0.2, -0.15) is 0 Å². The van der Waals surface area contributed by atoms with Crippen molar-refractivity contribution in [1.82, 2.24) is 5.32 Å². The second kappa shape index (κ2) is 31.9. The van der Waals surface area contributed by atoms with Gasteiger partial charge in [0.1, 0.15) is 0 Å². The molecule has 0 unspecified atom stereocenters. The van der Waals surface area contributed by atoms with Crippen LogP contribution >= 0.6 is 0 Å². The molecule has 0 aliphatic heterocycles. The topological polar surface area (TPSA) is 52.5 Å². The van der Waals surface area contributed by atoms with Gasteiger partial charge in [0.25, 0.3) is 0 Å². The van der Waals surface area contributed by atoms with Crippen LogP contribution in [0.25, 0.3) is 0 Å². The molecular formula is C30H63NO2. The van der Waals surface area contributed by atoms with E-state index in [1.807, 2.05) is 0 Å². The van der Waals surface area contributed by atoms with Crippen molar-refractivity contribution in [2.75, 3.05) is 26.3 Å². The Labute approximate surface area is 208 Å². The minimum atomic E-state index is 0.350. The molecule has 0 radical (unpaired) electrons. The van der Waals surface area contributed by atoms with Crippen LogP contribution in [0.3, 0.4) is 0 Å². The number of hydrogen-bond donors (Lipinski definition) is 3. The highest BCUT2D eigenvalue weighted by Crippen LogP contribution is 2.15. The molecule has 0 fully saturated rings. The zero-order valence-corrected chi connectivity index (χ0v) is 22.6. The van der Waals surface area contributed by atoms with E-state index in [9.17, 15) is 0 Å². The Balaban J connectivity index is 2.99. The van der Waals surface area contributed by atoms with Crippen LogP contribution in [0.1, 0.15) is 167 Å². The molecule has 0 saturated carbocycles. The maximum absolute atomic E-state index is 8.76. The number of hydrogen-bond acceptors (Lipinski definition) is 3. The Kier molecular flexibility index (Phi) is 31.8. The first kappa shape index (κ1) is 32.9. The molecule has 0 aromatic rings. The lowest BCUT2D eigenvalue weighted by molar-refractivity contribution is 0.282. The van der Waals surface area contributed by atoms with Gasteiger partial charge in [0.2, 0.25) is 0 Å². The van der Waals surface area contributed by atoms with Gasteiger partial charge < -0.3 is 15.5 Å². The first-order valence-corrected chi connectivity index (χ1v) is 15.3. The summed E-state index contributed by atoms with van der Waals surface area (Å²) in [5.74, 6) is 0. The second-order valence-corrected chi connectivity index (χ2v) is 10.4. The van der Waals surface area contributed by atoms with Gasteiger partial charge in [0, 0.05) is 13.2 Å². The van der Waals surface area contributed by atoms with E-state index in [2.05, 4.69) is 5.32 Å². The average Bonchev–Trinajstić information content (AvgIpc) is 2.83. The Morgan fingerprint density at radius 2 is 0.424 bits per heavy atom. The third kappa shape index (κ3) is 31.9. The molecule has 3 heteroatoms. The molecule has 3 nitrogen and oxygen atoms in total. The standard InChI is InChI=1S/C30H63NO2/c32-29-25-21-18-16-14-12-10-8-6-4-2-1-3-5-7-9-11-13-15-17-19-23-27-31-28-24-20-22-26-30-33/h31-33H,1-30H2. The highest BCUT2D eigenvalue weighted by Gasteiger charge is 1.96. The van der Waals surface area contributed by atoms with Crippen molar-refractivity contribution in [3.8, 4) is 0 Å². The summed E-state index contributed by atoms with van der Waals surface area (Å²) in [6.07, 6.45) is 35.4. The first-order valence-electron chi connectivity index (χ1n) is 15.3. The summed E-state index contributed by atoms with van der Waals surface area (Å²) in [4.78, 5) is 0. The molecule has 0 aromatic heterocycles. The fraction of sp³-hybridized carbons (Fsp3) is 1.00. The quantitative estimate of drug-likeness (QED) is 0.0922. The summed E-state index contributed by atoms with van der Waals surface area (Å²) in [5.41, 5.74) is 0. The van der Waals surface area contributed by atoms with Gasteiger partial charge in [-0.05, 0) is 38.8 Å². The number of unbranched alkanes of at least 4 members (excludes halogenated alkanes) is 24. The fourth-order valence-corrected chi connectivity index (χ4v) is 4.74. The second-order valence-electron chi connectivity index (χ2n) is 10.4. The number of aliphatic hydroxyl groups excluding tert-OH is 2. The van der Waals surface area contributed by atoms with Crippen molar-refractivity contribution in [1.29, 1.82) is 0 Å². The summed E-state index contributed by atoms with van der Waals surface area (Å²) in [5, 5.41) is 21.1. The summed E-state index contributed by atoms with van der Waals surface area (Å²) in [6, 6.07) is 0. The maximum atomic E-state index is 8.76. The third-order valence-corrected chi connectivity index (χ3v) is 7.02. The van der Waals surface area contributed by atoms with Crippen molar-refractivity contribution < 1.29 is 10.2 Å². The van der Waals surface area contributed by atoms with Crippen LogP contribution in [-0.4, -0.2) is 36.5 Å². The monoisotopic (exact) mass is 469 g/mol. The minimum absolute atomic E-state index is 0.350. The van der Waals surface area contributed by atoms with Crippen LogP contribution in [0.2, 0.25) is 0 Å². The maximum Gasteiger partial charge on any atom is 0.0431 e. The van der Waals surface area contributed by atoms with Gasteiger partial charge in [-0.3, -0.25) is 0 Å². The smallest absolute Gasteiger partial charge is 0.0431 e. The van der Waals surface area contributed by atoms with Crippen LogP contribution < -0.4 is 5.32 Å². The van der Waals surface area contributed by atoms with Crippen molar-refractivity contribution in [2.24, 2.45) is 0 Å².